The Kier molecular flexibility index (Phi) is 3.19. The van der Waals surface area contributed by atoms with Crippen LogP contribution < -0.4 is 5.73 Å². The van der Waals surface area contributed by atoms with Crippen LogP contribution in [0.3, 0.4) is 0 Å². The molecule has 14 heavy (non-hydrogen) atoms. The van der Waals surface area contributed by atoms with E-state index >= 15 is 0 Å². The first kappa shape index (κ1) is 10.7. The molecule has 1 unspecified atom stereocenters. The molecule has 0 aliphatic rings. The predicted octanol–water partition coefficient (Wildman–Crippen LogP) is 1.61. The third-order valence-corrected chi connectivity index (χ3v) is 1.95. The lowest BCUT2D eigenvalue weighted by atomic mass is 10.0. The molecule has 1 rings (SSSR count). The molecule has 1 aromatic rings. The third-order valence-electron chi connectivity index (χ3n) is 1.95. The number of carbonyl (C=O) groups is 1. The van der Waals surface area contributed by atoms with E-state index in [-0.39, 0.29) is 12.0 Å². The molecule has 1 aromatic carbocycles. The number of hydrogen-bond donors (Lipinski definition) is 2. The normalized spacial score (nSPS) is 12.5. The number of aliphatic carboxylic acids is 1. The molecule has 0 fully saturated rings. The summed E-state index contributed by atoms with van der Waals surface area (Å²) in [4.78, 5) is 10.4. The molecule has 0 heterocycles. The van der Waals surface area contributed by atoms with Crippen LogP contribution >= 0.6 is 0 Å². The van der Waals surface area contributed by atoms with Gasteiger partial charge in [-0.15, -0.1) is 0 Å². The summed E-state index contributed by atoms with van der Waals surface area (Å²) in [6.45, 7) is 1.80. The number of hydrogen-bond acceptors (Lipinski definition) is 2. The van der Waals surface area contributed by atoms with Crippen molar-refractivity contribution in [2.75, 3.05) is 0 Å². The zero-order valence-electron chi connectivity index (χ0n) is 7.83. The SMILES string of the molecule is Cc1ccc(F)c(C(N)CC(=O)O)c1. The number of benzene rings is 1. The summed E-state index contributed by atoms with van der Waals surface area (Å²) in [5, 5.41) is 8.50. The average Bonchev–Trinajstić information content (AvgIpc) is 2.08. The first-order valence-corrected chi connectivity index (χ1v) is 4.24. The Morgan fingerprint density at radius 1 is 1.64 bits per heavy atom. The highest BCUT2D eigenvalue weighted by molar-refractivity contribution is 5.67. The number of carboxylic acids is 1. The molecule has 0 amide bonds. The van der Waals surface area contributed by atoms with Gasteiger partial charge >= 0.3 is 5.97 Å². The van der Waals surface area contributed by atoms with Crippen molar-refractivity contribution in [3.8, 4) is 0 Å². The van der Waals surface area contributed by atoms with Gasteiger partial charge in [0.2, 0.25) is 0 Å². The molecule has 3 N–H and O–H groups in total. The van der Waals surface area contributed by atoms with Crippen molar-refractivity contribution in [3.05, 3.63) is 35.1 Å². The summed E-state index contributed by atoms with van der Waals surface area (Å²) in [5.74, 6) is -1.48. The van der Waals surface area contributed by atoms with Crippen LogP contribution in [-0.2, 0) is 4.79 Å². The molecule has 4 heteroatoms. The molecule has 0 bridgehead atoms. The molecule has 0 aliphatic carbocycles. The van der Waals surface area contributed by atoms with Gasteiger partial charge in [-0.1, -0.05) is 17.7 Å². The van der Waals surface area contributed by atoms with Crippen molar-refractivity contribution in [3.63, 3.8) is 0 Å². The molecule has 3 nitrogen and oxygen atoms in total. The molecule has 1 atom stereocenters. The molecule has 76 valence electrons. The third kappa shape index (κ3) is 2.53. The maximum Gasteiger partial charge on any atom is 0.305 e. The molecule has 0 aliphatic heterocycles. The summed E-state index contributed by atoms with van der Waals surface area (Å²) in [5.41, 5.74) is 6.66. The van der Waals surface area contributed by atoms with Crippen molar-refractivity contribution in [1.82, 2.24) is 0 Å². The number of halogens is 1. The Hall–Kier alpha value is -1.42. The lowest BCUT2D eigenvalue weighted by Crippen LogP contribution is -2.16. The summed E-state index contributed by atoms with van der Waals surface area (Å²) in [7, 11) is 0. The second kappa shape index (κ2) is 4.19. The van der Waals surface area contributed by atoms with E-state index in [0.717, 1.165) is 5.56 Å². The van der Waals surface area contributed by atoms with E-state index in [1.165, 1.54) is 6.07 Å². The van der Waals surface area contributed by atoms with E-state index in [2.05, 4.69) is 0 Å². The summed E-state index contributed by atoms with van der Waals surface area (Å²) < 4.78 is 13.2. The van der Waals surface area contributed by atoms with Gasteiger partial charge in [0.1, 0.15) is 5.82 Å². The zero-order chi connectivity index (χ0) is 10.7. The molecular weight excluding hydrogens is 185 g/mol. The fourth-order valence-corrected chi connectivity index (χ4v) is 1.25. The smallest absolute Gasteiger partial charge is 0.305 e. The first-order valence-electron chi connectivity index (χ1n) is 4.24. The van der Waals surface area contributed by atoms with Gasteiger partial charge in [-0.3, -0.25) is 4.79 Å². The second-order valence-electron chi connectivity index (χ2n) is 3.23. The number of aryl methyl sites for hydroxylation is 1. The number of carboxylic acid groups (broad SMARTS) is 1. The van der Waals surface area contributed by atoms with Gasteiger partial charge in [0.25, 0.3) is 0 Å². The lowest BCUT2D eigenvalue weighted by Gasteiger charge is -2.10. The van der Waals surface area contributed by atoms with Crippen LogP contribution in [0.2, 0.25) is 0 Å². The summed E-state index contributed by atoms with van der Waals surface area (Å²) in [6.07, 6.45) is -0.264. The van der Waals surface area contributed by atoms with Gasteiger partial charge in [-0.25, -0.2) is 4.39 Å². The summed E-state index contributed by atoms with van der Waals surface area (Å²) >= 11 is 0. The second-order valence-corrected chi connectivity index (χ2v) is 3.23. The van der Waals surface area contributed by atoms with Crippen LogP contribution in [0.25, 0.3) is 0 Å². The molecule has 0 aromatic heterocycles. The van der Waals surface area contributed by atoms with Crippen LogP contribution in [0.5, 0.6) is 0 Å². The first-order chi connectivity index (χ1) is 6.50. The predicted molar refractivity (Wildman–Crippen MR) is 50.3 cm³/mol. The fourth-order valence-electron chi connectivity index (χ4n) is 1.25. The van der Waals surface area contributed by atoms with Gasteiger partial charge in [-0.05, 0) is 13.0 Å². The highest BCUT2D eigenvalue weighted by atomic mass is 19.1. The molecule has 0 spiro atoms. The zero-order valence-corrected chi connectivity index (χ0v) is 7.83. The van der Waals surface area contributed by atoms with Crippen LogP contribution in [-0.4, -0.2) is 11.1 Å². The van der Waals surface area contributed by atoms with Gasteiger partial charge in [0, 0.05) is 11.6 Å². The van der Waals surface area contributed by atoms with Crippen molar-refractivity contribution in [1.29, 1.82) is 0 Å². The number of rotatable bonds is 3. The van der Waals surface area contributed by atoms with Crippen molar-refractivity contribution >= 4 is 5.97 Å². The Balaban J connectivity index is 2.93. The van der Waals surface area contributed by atoms with Crippen LogP contribution in [0.1, 0.15) is 23.6 Å². The summed E-state index contributed by atoms with van der Waals surface area (Å²) in [6, 6.07) is 3.70. The van der Waals surface area contributed by atoms with E-state index in [1.807, 2.05) is 0 Å². The van der Waals surface area contributed by atoms with E-state index in [1.54, 1.807) is 19.1 Å². The van der Waals surface area contributed by atoms with E-state index in [9.17, 15) is 9.18 Å². The maximum atomic E-state index is 13.2. The number of nitrogens with two attached hydrogens (primary N) is 1. The molecule has 0 saturated carbocycles. The Morgan fingerprint density at radius 3 is 2.86 bits per heavy atom. The van der Waals surface area contributed by atoms with E-state index in [0.29, 0.717) is 0 Å². The Morgan fingerprint density at radius 2 is 2.29 bits per heavy atom. The van der Waals surface area contributed by atoms with Gasteiger partial charge < -0.3 is 10.8 Å². The topological polar surface area (TPSA) is 63.3 Å². The monoisotopic (exact) mass is 197 g/mol. The Bertz CT molecular complexity index is 352. The van der Waals surface area contributed by atoms with Crippen molar-refractivity contribution in [2.45, 2.75) is 19.4 Å². The molecular formula is C10H12FNO2. The highest BCUT2D eigenvalue weighted by Crippen LogP contribution is 2.19. The largest absolute Gasteiger partial charge is 0.481 e. The van der Waals surface area contributed by atoms with E-state index in [4.69, 9.17) is 10.8 Å². The minimum absolute atomic E-state index is 0.257. The standard InChI is InChI=1S/C10H12FNO2/c1-6-2-3-8(11)7(4-6)9(12)5-10(13)14/h2-4,9H,5,12H2,1H3,(H,13,14). The fraction of sp³-hybridized carbons (Fsp3) is 0.300. The Labute approximate surface area is 81.4 Å². The highest BCUT2D eigenvalue weighted by Gasteiger charge is 2.14. The van der Waals surface area contributed by atoms with Crippen LogP contribution in [0.15, 0.2) is 18.2 Å². The van der Waals surface area contributed by atoms with Crippen LogP contribution in [0.4, 0.5) is 4.39 Å². The lowest BCUT2D eigenvalue weighted by molar-refractivity contribution is -0.137. The van der Waals surface area contributed by atoms with Gasteiger partial charge in [0.05, 0.1) is 6.42 Å². The quantitative estimate of drug-likeness (QED) is 0.773. The van der Waals surface area contributed by atoms with Crippen molar-refractivity contribution < 1.29 is 14.3 Å². The minimum Gasteiger partial charge on any atom is -0.481 e. The molecule has 0 saturated heterocycles. The average molecular weight is 197 g/mol. The molecule has 0 radical (unpaired) electrons. The van der Waals surface area contributed by atoms with Crippen molar-refractivity contribution in [2.24, 2.45) is 5.73 Å². The van der Waals surface area contributed by atoms with Crippen LogP contribution in [0, 0.1) is 12.7 Å². The van der Waals surface area contributed by atoms with Gasteiger partial charge in [0.15, 0.2) is 0 Å². The maximum absolute atomic E-state index is 13.2. The van der Waals surface area contributed by atoms with Gasteiger partial charge in [-0.2, -0.15) is 0 Å². The minimum atomic E-state index is -1.03. The van der Waals surface area contributed by atoms with E-state index < -0.39 is 17.8 Å².